The molecule has 2 aliphatic rings. The van der Waals surface area contributed by atoms with Gasteiger partial charge in [-0.1, -0.05) is 11.6 Å². The van der Waals surface area contributed by atoms with Crippen LogP contribution in [0.5, 0.6) is 5.75 Å². The largest absolute Gasteiger partial charge is 0.495 e. The lowest BCUT2D eigenvalue weighted by Gasteiger charge is -2.35. The number of anilines is 1. The van der Waals surface area contributed by atoms with Crippen molar-refractivity contribution < 1.29 is 4.74 Å². The molecule has 2 heterocycles. The zero-order valence-corrected chi connectivity index (χ0v) is 13.0. The molecule has 0 radical (unpaired) electrons. The molecule has 0 spiro atoms. The van der Waals surface area contributed by atoms with E-state index in [1.807, 2.05) is 13.0 Å². The molecule has 0 aliphatic carbocycles. The van der Waals surface area contributed by atoms with Gasteiger partial charge in [0, 0.05) is 29.7 Å². The smallest absolute Gasteiger partial charge is 0.143 e. The van der Waals surface area contributed by atoms with Crippen LogP contribution >= 0.6 is 11.6 Å². The van der Waals surface area contributed by atoms with E-state index in [0.29, 0.717) is 6.04 Å². The minimum Gasteiger partial charge on any atom is -0.495 e. The topological polar surface area (TPSA) is 24.5 Å². The lowest BCUT2D eigenvalue weighted by Crippen LogP contribution is -2.42. The molecule has 2 saturated heterocycles. The second-order valence-electron chi connectivity index (χ2n) is 6.00. The third-order valence-corrected chi connectivity index (χ3v) is 5.07. The van der Waals surface area contributed by atoms with Gasteiger partial charge < -0.3 is 15.0 Å². The molecule has 4 heteroatoms. The summed E-state index contributed by atoms with van der Waals surface area (Å²) in [7, 11) is 1.70. The van der Waals surface area contributed by atoms with E-state index in [1.54, 1.807) is 7.11 Å². The van der Waals surface area contributed by atoms with Crippen LogP contribution in [0.2, 0.25) is 5.02 Å². The van der Waals surface area contributed by atoms with E-state index < -0.39 is 0 Å². The Hall–Kier alpha value is -0.930. The Morgan fingerprint density at radius 3 is 2.95 bits per heavy atom. The number of hydrogen-bond donors (Lipinski definition) is 1. The summed E-state index contributed by atoms with van der Waals surface area (Å²) < 4.78 is 5.45. The summed E-state index contributed by atoms with van der Waals surface area (Å²) in [5.74, 6) is 0.842. The number of nitrogens with one attached hydrogen (secondary N) is 1. The maximum atomic E-state index is 6.17. The summed E-state index contributed by atoms with van der Waals surface area (Å²) in [5, 5.41) is 4.43. The predicted octanol–water partition coefficient (Wildman–Crippen LogP) is 3.70. The summed E-state index contributed by atoms with van der Waals surface area (Å²) in [6.45, 7) is 4.55. The first-order valence-electron chi connectivity index (χ1n) is 7.52. The summed E-state index contributed by atoms with van der Waals surface area (Å²) >= 11 is 6.17. The second-order valence-corrected chi connectivity index (χ2v) is 6.41. The van der Waals surface area contributed by atoms with Crippen molar-refractivity contribution in [1.29, 1.82) is 0 Å². The van der Waals surface area contributed by atoms with E-state index >= 15 is 0 Å². The van der Waals surface area contributed by atoms with Crippen molar-refractivity contribution in [3.05, 3.63) is 22.7 Å². The minimum absolute atomic E-state index is 0.545. The van der Waals surface area contributed by atoms with Gasteiger partial charge in [0.25, 0.3) is 0 Å². The molecule has 2 fully saturated rings. The van der Waals surface area contributed by atoms with Gasteiger partial charge in [-0.25, -0.2) is 0 Å². The average molecular weight is 295 g/mol. The Bertz CT molecular complexity index is 492. The number of methoxy groups -OCH3 is 1. The predicted molar refractivity (Wildman–Crippen MR) is 84.0 cm³/mol. The molecule has 0 saturated carbocycles. The zero-order valence-electron chi connectivity index (χ0n) is 12.3. The van der Waals surface area contributed by atoms with E-state index in [1.165, 1.54) is 38.8 Å². The van der Waals surface area contributed by atoms with E-state index in [0.717, 1.165) is 28.1 Å². The van der Waals surface area contributed by atoms with Gasteiger partial charge in [0.1, 0.15) is 5.75 Å². The number of rotatable bonds is 3. The molecular formula is C16H23ClN2O. The van der Waals surface area contributed by atoms with Gasteiger partial charge in [0.2, 0.25) is 0 Å². The van der Waals surface area contributed by atoms with Gasteiger partial charge in [-0.05, 0) is 50.8 Å². The highest BCUT2D eigenvalue weighted by molar-refractivity contribution is 6.31. The molecule has 3 nitrogen and oxygen atoms in total. The number of piperidine rings is 1. The number of hydrogen-bond acceptors (Lipinski definition) is 3. The molecule has 0 amide bonds. The lowest BCUT2D eigenvalue weighted by atomic mass is 9.97. The third kappa shape index (κ3) is 2.75. The van der Waals surface area contributed by atoms with Crippen molar-refractivity contribution in [3.63, 3.8) is 0 Å². The molecule has 2 atom stereocenters. The Morgan fingerprint density at radius 1 is 1.30 bits per heavy atom. The number of benzene rings is 1. The van der Waals surface area contributed by atoms with Crippen LogP contribution in [-0.4, -0.2) is 37.2 Å². The molecule has 1 aromatic carbocycles. The Morgan fingerprint density at radius 2 is 2.15 bits per heavy atom. The molecule has 0 aromatic heterocycles. The summed E-state index contributed by atoms with van der Waals surface area (Å²) in [4.78, 5) is 2.64. The van der Waals surface area contributed by atoms with Crippen molar-refractivity contribution in [2.75, 3.05) is 25.5 Å². The zero-order chi connectivity index (χ0) is 14.1. The van der Waals surface area contributed by atoms with Gasteiger partial charge in [-0.3, -0.25) is 0 Å². The van der Waals surface area contributed by atoms with Crippen molar-refractivity contribution >= 4 is 17.3 Å². The van der Waals surface area contributed by atoms with Gasteiger partial charge in [0.05, 0.1) is 12.8 Å². The molecular weight excluding hydrogens is 272 g/mol. The fraction of sp³-hybridized carbons (Fsp3) is 0.625. The highest BCUT2D eigenvalue weighted by atomic mass is 35.5. The number of aryl methyl sites for hydroxylation is 1. The molecule has 20 heavy (non-hydrogen) atoms. The van der Waals surface area contributed by atoms with E-state index in [-0.39, 0.29) is 0 Å². The Balaban J connectivity index is 1.72. The maximum Gasteiger partial charge on any atom is 0.143 e. The first-order valence-corrected chi connectivity index (χ1v) is 7.90. The molecule has 3 rings (SSSR count). The van der Waals surface area contributed by atoms with E-state index in [9.17, 15) is 0 Å². The first-order chi connectivity index (χ1) is 9.67. The van der Waals surface area contributed by atoms with Crippen molar-refractivity contribution in [3.8, 4) is 5.75 Å². The highest BCUT2D eigenvalue weighted by Gasteiger charge is 2.31. The molecule has 0 bridgehead atoms. The van der Waals surface area contributed by atoms with Crippen LogP contribution in [0.4, 0.5) is 5.69 Å². The first kappa shape index (κ1) is 14.0. The van der Waals surface area contributed by atoms with Crippen molar-refractivity contribution in [2.45, 2.75) is 44.7 Å². The SMILES string of the molecule is COc1cc(Cl)c(C)cc1NC1CCN2CCCC2C1. The molecule has 110 valence electrons. The van der Waals surface area contributed by atoms with Crippen LogP contribution in [0.1, 0.15) is 31.2 Å². The third-order valence-electron chi connectivity index (χ3n) is 4.66. The average Bonchev–Trinajstić information content (AvgIpc) is 2.90. The number of fused-ring (bicyclic) bond motifs is 1. The van der Waals surface area contributed by atoms with Crippen molar-refractivity contribution in [1.82, 2.24) is 4.90 Å². The van der Waals surface area contributed by atoms with Crippen LogP contribution in [0.15, 0.2) is 12.1 Å². The minimum atomic E-state index is 0.545. The van der Waals surface area contributed by atoms with Gasteiger partial charge in [-0.2, -0.15) is 0 Å². The summed E-state index contributed by atoms with van der Waals surface area (Å²) in [5.41, 5.74) is 2.17. The normalized spacial score (nSPS) is 26.4. The highest BCUT2D eigenvalue weighted by Crippen LogP contribution is 2.34. The van der Waals surface area contributed by atoms with Crippen LogP contribution in [0.3, 0.4) is 0 Å². The fourth-order valence-corrected chi connectivity index (χ4v) is 3.67. The molecule has 2 unspecified atom stereocenters. The van der Waals surface area contributed by atoms with E-state index in [4.69, 9.17) is 16.3 Å². The van der Waals surface area contributed by atoms with Crippen LogP contribution < -0.4 is 10.1 Å². The molecule has 1 N–H and O–H groups in total. The second kappa shape index (κ2) is 5.82. The number of ether oxygens (including phenoxy) is 1. The quantitative estimate of drug-likeness (QED) is 0.920. The van der Waals surface area contributed by atoms with Crippen LogP contribution in [0, 0.1) is 6.92 Å². The fourth-order valence-electron chi connectivity index (χ4n) is 3.52. The van der Waals surface area contributed by atoms with E-state index in [2.05, 4.69) is 16.3 Å². The molecule has 1 aromatic rings. The lowest BCUT2D eigenvalue weighted by molar-refractivity contribution is 0.188. The summed E-state index contributed by atoms with van der Waals surface area (Å²) in [6, 6.07) is 5.33. The number of nitrogens with zero attached hydrogens (tertiary/aromatic N) is 1. The Labute approximate surface area is 126 Å². The van der Waals surface area contributed by atoms with Crippen LogP contribution in [-0.2, 0) is 0 Å². The molecule has 2 aliphatic heterocycles. The Kier molecular flexibility index (Phi) is 4.08. The summed E-state index contributed by atoms with van der Waals surface area (Å²) in [6.07, 6.45) is 5.17. The standard InChI is InChI=1S/C16H23ClN2O/c1-11-8-15(16(20-2)10-14(11)17)18-12-5-7-19-6-3-4-13(19)9-12/h8,10,12-13,18H,3-7,9H2,1-2H3. The van der Waals surface area contributed by atoms with Gasteiger partial charge in [0.15, 0.2) is 0 Å². The van der Waals surface area contributed by atoms with Gasteiger partial charge >= 0.3 is 0 Å². The number of halogens is 1. The van der Waals surface area contributed by atoms with Crippen molar-refractivity contribution in [2.24, 2.45) is 0 Å². The monoisotopic (exact) mass is 294 g/mol. The van der Waals surface area contributed by atoms with Crippen LogP contribution in [0.25, 0.3) is 0 Å². The van der Waals surface area contributed by atoms with Gasteiger partial charge in [-0.15, -0.1) is 0 Å². The maximum absolute atomic E-state index is 6.17.